The van der Waals surface area contributed by atoms with E-state index in [1.807, 2.05) is 19.1 Å². The van der Waals surface area contributed by atoms with Gasteiger partial charge in [-0.05, 0) is 51.7 Å². The lowest BCUT2D eigenvalue weighted by Crippen LogP contribution is -2.56. The lowest BCUT2D eigenvalue weighted by atomic mass is 9.72. The van der Waals surface area contributed by atoms with E-state index in [4.69, 9.17) is 9.31 Å². The first-order valence-corrected chi connectivity index (χ1v) is 6.34. The Morgan fingerprint density at radius 1 is 1.11 bits per heavy atom. The topological polar surface area (TPSA) is 38.7 Å². The van der Waals surface area contributed by atoms with Crippen LogP contribution in [0.2, 0.25) is 0 Å². The first kappa shape index (κ1) is 13.4. The normalized spacial score (nSPS) is 21.9. The number of hydrogen-bond donors (Lipinski definition) is 1. The third kappa shape index (κ3) is 2.87. The summed E-state index contributed by atoms with van der Waals surface area (Å²) >= 11 is 0. The fourth-order valence-corrected chi connectivity index (χ4v) is 2.67. The van der Waals surface area contributed by atoms with E-state index in [9.17, 15) is 5.11 Å². The Morgan fingerprint density at radius 3 is 2.17 bits per heavy atom. The molecule has 0 unspecified atom stereocenters. The molecule has 0 amide bonds. The van der Waals surface area contributed by atoms with Gasteiger partial charge in [-0.3, -0.25) is 0 Å². The monoisotopic (exact) mass is 248 g/mol. The molecular formula is C14H21BO3. The molecule has 1 saturated heterocycles. The van der Waals surface area contributed by atoms with E-state index in [1.54, 1.807) is 6.07 Å². The minimum atomic E-state index is -0.372. The van der Waals surface area contributed by atoms with Crippen LogP contribution in [0, 0.1) is 6.92 Å². The SMILES string of the molecule is Cc1cc(B2OC(C)(C)CC(C)(C)O2)ccc1O. The molecule has 1 N–H and O–H groups in total. The molecule has 0 aliphatic carbocycles. The van der Waals surface area contributed by atoms with Crippen molar-refractivity contribution in [2.45, 2.75) is 52.2 Å². The van der Waals surface area contributed by atoms with E-state index in [2.05, 4.69) is 27.7 Å². The molecule has 18 heavy (non-hydrogen) atoms. The molecule has 0 atom stereocenters. The zero-order valence-electron chi connectivity index (χ0n) is 11.8. The first-order valence-electron chi connectivity index (χ1n) is 6.34. The molecule has 0 saturated carbocycles. The van der Waals surface area contributed by atoms with E-state index in [0.29, 0.717) is 5.75 Å². The van der Waals surface area contributed by atoms with Gasteiger partial charge >= 0.3 is 7.12 Å². The Bertz CT molecular complexity index is 438. The highest BCUT2D eigenvalue weighted by atomic mass is 16.6. The maximum atomic E-state index is 9.57. The largest absolute Gasteiger partial charge is 0.508 e. The Labute approximate surface area is 109 Å². The Hall–Kier alpha value is -0.995. The number of benzene rings is 1. The quantitative estimate of drug-likeness (QED) is 0.775. The van der Waals surface area contributed by atoms with Crippen LogP contribution in [0.4, 0.5) is 0 Å². The van der Waals surface area contributed by atoms with Crippen LogP contribution >= 0.6 is 0 Å². The molecule has 1 aliphatic rings. The number of aryl methyl sites for hydroxylation is 1. The van der Waals surface area contributed by atoms with Gasteiger partial charge in [-0.1, -0.05) is 12.1 Å². The molecule has 1 heterocycles. The van der Waals surface area contributed by atoms with E-state index in [-0.39, 0.29) is 18.3 Å². The minimum absolute atomic E-state index is 0.210. The summed E-state index contributed by atoms with van der Waals surface area (Å²) < 4.78 is 12.0. The van der Waals surface area contributed by atoms with E-state index < -0.39 is 0 Å². The predicted molar refractivity (Wildman–Crippen MR) is 73.2 cm³/mol. The Kier molecular flexibility index (Phi) is 3.20. The van der Waals surface area contributed by atoms with Gasteiger partial charge in [0.15, 0.2) is 0 Å². The Balaban J connectivity index is 2.29. The van der Waals surface area contributed by atoms with Gasteiger partial charge in [0.1, 0.15) is 5.75 Å². The van der Waals surface area contributed by atoms with E-state index >= 15 is 0 Å². The minimum Gasteiger partial charge on any atom is -0.508 e. The summed E-state index contributed by atoms with van der Waals surface area (Å²) in [4.78, 5) is 0. The Morgan fingerprint density at radius 2 is 1.67 bits per heavy atom. The van der Waals surface area contributed by atoms with Gasteiger partial charge in [0.2, 0.25) is 0 Å². The smallest absolute Gasteiger partial charge is 0.494 e. The second kappa shape index (κ2) is 4.28. The van der Waals surface area contributed by atoms with Gasteiger partial charge in [0.25, 0.3) is 0 Å². The fraction of sp³-hybridized carbons (Fsp3) is 0.571. The van der Waals surface area contributed by atoms with Gasteiger partial charge in [0, 0.05) is 6.42 Å². The molecule has 3 nitrogen and oxygen atoms in total. The van der Waals surface area contributed by atoms with Gasteiger partial charge in [-0.15, -0.1) is 0 Å². The summed E-state index contributed by atoms with van der Waals surface area (Å²) in [7, 11) is -0.372. The van der Waals surface area contributed by atoms with Crippen molar-refractivity contribution in [2.75, 3.05) is 0 Å². The van der Waals surface area contributed by atoms with Crippen molar-refractivity contribution in [2.24, 2.45) is 0 Å². The van der Waals surface area contributed by atoms with Crippen molar-refractivity contribution in [3.63, 3.8) is 0 Å². The molecule has 1 aromatic rings. The molecule has 2 rings (SSSR count). The average Bonchev–Trinajstić information content (AvgIpc) is 2.17. The van der Waals surface area contributed by atoms with Crippen LogP contribution in [-0.2, 0) is 9.31 Å². The molecule has 98 valence electrons. The van der Waals surface area contributed by atoms with Crippen molar-refractivity contribution in [1.82, 2.24) is 0 Å². The molecular weight excluding hydrogens is 227 g/mol. The number of hydrogen-bond acceptors (Lipinski definition) is 3. The molecule has 1 aliphatic heterocycles. The zero-order valence-corrected chi connectivity index (χ0v) is 11.8. The standard InChI is InChI=1S/C14H21BO3/c1-10-8-11(6-7-12(10)16)15-17-13(2,3)9-14(4,5)18-15/h6-8,16H,9H2,1-5H3. The zero-order chi connectivity index (χ0) is 13.6. The third-order valence-corrected chi connectivity index (χ3v) is 3.20. The van der Waals surface area contributed by atoms with Crippen molar-refractivity contribution >= 4 is 12.6 Å². The van der Waals surface area contributed by atoms with Crippen molar-refractivity contribution in [1.29, 1.82) is 0 Å². The van der Waals surface area contributed by atoms with Gasteiger partial charge in [-0.25, -0.2) is 0 Å². The van der Waals surface area contributed by atoms with Gasteiger partial charge in [-0.2, -0.15) is 0 Å². The predicted octanol–water partition coefficient (Wildman–Crippen LogP) is 2.39. The number of aromatic hydroxyl groups is 1. The highest BCUT2D eigenvalue weighted by Gasteiger charge is 2.43. The van der Waals surface area contributed by atoms with Crippen LogP contribution in [0.15, 0.2) is 18.2 Å². The van der Waals surface area contributed by atoms with Crippen LogP contribution in [0.1, 0.15) is 39.7 Å². The number of phenols is 1. The van der Waals surface area contributed by atoms with Crippen LogP contribution in [0.3, 0.4) is 0 Å². The summed E-state index contributed by atoms with van der Waals surface area (Å²) in [6.07, 6.45) is 0.855. The number of phenolic OH excluding ortho intramolecular Hbond substituents is 1. The number of rotatable bonds is 1. The highest BCUT2D eigenvalue weighted by molar-refractivity contribution is 6.61. The van der Waals surface area contributed by atoms with Gasteiger partial charge in [0.05, 0.1) is 11.2 Å². The third-order valence-electron chi connectivity index (χ3n) is 3.20. The first-order chi connectivity index (χ1) is 8.19. The molecule has 0 bridgehead atoms. The summed E-state index contributed by atoms with van der Waals surface area (Å²) in [6, 6.07) is 5.45. The molecule has 0 aromatic heterocycles. The van der Waals surface area contributed by atoms with Crippen LogP contribution in [0.25, 0.3) is 0 Å². The summed E-state index contributed by atoms with van der Waals surface area (Å²) in [5, 5.41) is 9.57. The summed E-state index contributed by atoms with van der Waals surface area (Å²) in [6.45, 7) is 10.2. The molecule has 4 heteroatoms. The maximum absolute atomic E-state index is 9.57. The summed E-state index contributed by atoms with van der Waals surface area (Å²) in [5.41, 5.74) is 1.36. The second-order valence-corrected chi connectivity index (χ2v) is 6.31. The van der Waals surface area contributed by atoms with Crippen molar-refractivity contribution in [3.8, 4) is 5.75 Å². The van der Waals surface area contributed by atoms with Crippen LogP contribution in [-0.4, -0.2) is 23.4 Å². The average molecular weight is 248 g/mol. The second-order valence-electron chi connectivity index (χ2n) is 6.31. The van der Waals surface area contributed by atoms with Crippen molar-refractivity contribution in [3.05, 3.63) is 23.8 Å². The van der Waals surface area contributed by atoms with Crippen LogP contribution < -0.4 is 5.46 Å². The molecule has 0 radical (unpaired) electrons. The lowest BCUT2D eigenvalue weighted by Gasteiger charge is -2.44. The molecule has 1 aromatic carbocycles. The van der Waals surface area contributed by atoms with E-state index in [1.165, 1.54) is 0 Å². The summed E-state index contributed by atoms with van der Waals surface area (Å²) in [5.74, 6) is 0.299. The van der Waals surface area contributed by atoms with Crippen molar-refractivity contribution < 1.29 is 14.4 Å². The van der Waals surface area contributed by atoms with E-state index in [0.717, 1.165) is 17.4 Å². The molecule has 0 spiro atoms. The maximum Gasteiger partial charge on any atom is 0.494 e. The van der Waals surface area contributed by atoms with Crippen LogP contribution in [0.5, 0.6) is 5.75 Å². The van der Waals surface area contributed by atoms with Gasteiger partial charge < -0.3 is 14.4 Å². The highest BCUT2D eigenvalue weighted by Crippen LogP contribution is 2.33. The molecule has 1 fully saturated rings. The fourth-order valence-electron chi connectivity index (χ4n) is 2.67. The lowest BCUT2D eigenvalue weighted by molar-refractivity contribution is -0.0716.